The number of hydrogen-bond acceptors (Lipinski definition) is 0. The van der Waals surface area contributed by atoms with Gasteiger partial charge in [-0.15, -0.1) is 0 Å². The third kappa shape index (κ3) is 1.61. The van der Waals surface area contributed by atoms with Gasteiger partial charge in [0, 0.05) is 22.0 Å². The van der Waals surface area contributed by atoms with Crippen LogP contribution in [0.4, 0.5) is 0 Å². The van der Waals surface area contributed by atoms with E-state index in [4.69, 9.17) is 11.6 Å². The monoisotopic (exact) mass is 191 g/mol. The Morgan fingerprint density at radius 3 is 2.46 bits per heavy atom. The molecule has 0 saturated carbocycles. The second-order valence-corrected chi connectivity index (χ2v) is 3.44. The van der Waals surface area contributed by atoms with E-state index >= 15 is 0 Å². The summed E-state index contributed by atoms with van der Waals surface area (Å²) in [4.78, 5) is 3.25. The van der Waals surface area contributed by atoms with Gasteiger partial charge in [0.1, 0.15) is 0 Å². The number of hydrogen-bond donors (Lipinski definition) is 1. The Morgan fingerprint density at radius 1 is 1.08 bits per heavy atom. The zero-order chi connectivity index (χ0) is 9.26. The van der Waals surface area contributed by atoms with Crippen LogP contribution in [0.15, 0.2) is 36.4 Å². The number of benzene rings is 1. The molecule has 1 N–H and O–H groups in total. The van der Waals surface area contributed by atoms with Crippen LogP contribution in [-0.2, 0) is 0 Å². The molecule has 1 heterocycles. The van der Waals surface area contributed by atoms with E-state index in [1.807, 2.05) is 43.3 Å². The van der Waals surface area contributed by atoms with Crippen molar-refractivity contribution in [2.75, 3.05) is 0 Å². The molecular weight excluding hydrogens is 182 g/mol. The smallest absolute Gasteiger partial charge is 0.0499 e. The van der Waals surface area contributed by atoms with Crippen LogP contribution in [0.25, 0.3) is 11.3 Å². The third-order valence-electron chi connectivity index (χ3n) is 2.00. The summed E-state index contributed by atoms with van der Waals surface area (Å²) in [5, 5.41) is 0.782. The van der Waals surface area contributed by atoms with Crippen molar-refractivity contribution in [1.29, 1.82) is 0 Å². The first-order valence-corrected chi connectivity index (χ1v) is 4.55. The Kier molecular flexibility index (Phi) is 2.11. The summed E-state index contributed by atoms with van der Waals surface area (Å²) in [5.74, 6) is 0. The number of halogens is 1. The second kappa shape index (κ2) is 3.27. The predicted octanol–water partition coefficient (Wildman–Crippen LogP) is 3.64. The fourth-order valence-corrected chi connectivity index (χ4v) is 1.58. The van der Waals surface area contributed by atoms with E-state index in [1.54, 1.807) is 0 Å². The Hall–Kier alpha value is -1.21. The van der Waals surface area contributed by atoms with Crippen LogP contribution in [0.5, 0.6) is 0 Å². The molecule has 0 unspecified atom stereocenters. The van der Waals surface area contributed by atoms with Crippen molar-refractivity contribution in [3.8, 4) is 11.3 Å². The molecule has 1 nitrogen and oxygen atoms in total. The summed E-state index contributed by atoms with van der Waals surface area (Å²) < 4.78 is 0. The lowest BCUT2D eigenvalue weighted by Gasteiger charge is -1.99. The van der Waals surface area contributed by atoms with Gasteiger partial charge in [0.15, 0.2) is 0 Å². The van der Waals surface area contributed by atoms with E-state index in [0.717, 1.165) is 22.0 Å². The maximum atomic E-state index is 6.05. The zero-order valence-corrected chi connectivity index (χ0v) is 8.10. The molecule has 0 radical (unpaired) electrons. The van der Waals surface area contributed by atoms with Crippen LogP contribution in [0.1, 0.15) is 5.69 Å². The Labute approximate surface area is 82.4 Å². The first-order chi connectivity index (χ1) is 6.27. The molecule has 2 rings (SSSR count). The maximum Gasteiger partial charge on any atom is 0.0499 e. The summed E-state index contributed by atoms with van der Waals surface area (Å²) in [6, 6.07) is 11.9. The number of nitrogens with one attached hydrogen (secondary N) is 1. The third-order valence-corrected chi connectivity index (χ3v) is 2.33. The van der Waals surface area contributed by atoms with E-state index in [1.165, 1.54) is 0 Å². The average Bonchev–Trinajstić information content (AvgIpc) is 2.53. The van der Waals surface area contributed by atoms with Crippen LogP contribution >= 0.6 is 11.6 Å². The average molecular weight is 192 g/mol. The standard InChI is InChI=1S/C11H10ClN/c1-8-6-7-11(13-8)9-4-2-3-5-10(9)12/h2-7,13H,1H3. The van der Waals surface area contributed by atoms with Gasteiger partial charge < -0.3 is 4.98 Å². The summed E-state index contributed by atoms with van der Waals surface area (Å²) >= 11 is 6.05. The largest absolute Gasteiger partial charge is 0.359 e. The molecule has 0 atom stereocenters. The number of aromatic amines is 1. The van der Waals surface area contributed by atoms with Crippen LogP contribution in [0.3, 0.4) is 0 Å². The maximum absolute atomic E-state index is 6.05. The fourth-order valence-electron chi connectivity index (χ4n) is 1.34. The topological polar surface area (TPSA) is 15.8 Å². The summed E-state index contributed by atoms with van der Waals surface area (Å²) in [6.07, 6.45) is 0. The van der Waals surface area contributed by atoms with Crippen LogP contribution in [0, 0.1) is 6.92 Å². The highest BCUT2D eigenvalue weighted by molar-refractivity contribution is 6.33. The van der Waals surface area contributed by atoms with Crippen molar-refractivity contribution in [3.63, 3.8) is 0 Å². The van der Waals surface area contributed by atoms with Crippen molar-refractivity contribution in [2.45, 2.75) is 6.92 Å². The van der Waals surface area contributed by atoms with Crippen molar-refractivity contribution in [2.24, 2.45) is 0 Å². The van der Waals surface area contributed by atoms with E-state index in [0.29, 0.717) is 0 Å². The molecule has 0 bridgehead atoms. The minimum atomic E-state index is 0.782. The Bertz CT molecular complexity index is 418. The van der Waals surface area contributed by atoms with Gasteiger partial charge >= 0.3 is 0 Å². The highest BCUT2D eigenvalue weighted by atomic mass is 35.5. The molecule has 0 saturated heterocycles. The molecule has 1 aromatic heterocycles. The van der Waals surface area contributed by atoms with Gasteiger partial charge in [-0.2, -0.15) is 0 Å². The van der Waals surface area contributed by atoms with E-state index in [2.05, 4.69) is 4.98 Å². The summed E-state index contributed by atoms with van der Waals surface area (Å²) in [7, 11) is 0. The predicted molar refractivity (Wildman–Crippen MR) is 56.0 cm³/mol. The molecule has 0 aliphatic carbocycles. The van der Waals surface area contributed by atoms with Gasteiger partial charge in [0.25, 0.3) is 0 Å². The summed E-state index contributed by atoms with van der Waals surface area (Å²) in [6.45, 7) is 2.03. The zero-order valence-electron chi connectivity index (χ0n) is 7.34. The Morgan fingerprint density at radius 2 is 1.85 bits per heavy atom. The first kappa shape index (κ1) is 8.39. The van der Waals surface area contributed by atoms with Gasteiger partial charge in [-0.3, -0.25) is 0 Å². The molecule has 1 aromatic carbocycles. The highest BCUT2D eigenvalue weighted by Crippen LogP contribution is 2.26. The van der Waals surface area contributed by atoms with Gasteiger partial charge in [-0.25, -0.2) is 0 Å². The molecule has 0 amide bonds. The number of rotatable bonds is 1. The molecule has 0 spiro atoms. The molecule has 13 heavy (non-hydrogen) atoms. The molecule has 66 valence electrons. The van der Waals surface area contributed by atoms with E-state index < -0.39 is 0 Å². The van der Waals surface area contributed by atoms with Gasteiger partial charge in [0.05, 0.1) is 0 Å². The van der Waals surface area contributed by atoms with E-state index in [9.17, 15) is 0 Å². The van der Waals surface area contributed by atoms with Crippen LogP contribution in [0.2, 0.25) is 5.02 Å². The lowest BCUT2D eigenvalue weighted by atomic mass is 10.2. The van der Waals surface area contributed by atoms with Gasteiger partial charge in [0.2, 0.25) is 0 Å². The van der Waals surface area contributed by atoms with Crippen molar-refractivity contribution in [3.05, 3.63) is 47.1 Å². The van der Waals surface area contributed by atoms with Crippen molar-refractivity contribution in [1.82, 2.24) is 4.98 Å². The molecule has 2 heteroatoms. The highest BCUT2D eigenvalue weighted by Gasteiger charge is 2.02. The number of aromatic nitrogens is 1. The SMILES string of the molecule is Cc1ccc(-c2ccccc2Cl)[nH]1. The minimum absolute atomic E-state index is 0.782. The summed E-state index contributed by atoms with van der Waals surface area (Å²) in [5.41, 5.74) is 3.27. The van der Waals surface area contributed by atoms with Crippen LogP contribution < -0.4 is 0 Å². The van der Waals surface area contributed by atoms with Gasteiger partial charge in [-0.1, -0.05) is 29.8 Å². The number of H-pyrrole nitrogens is 1. The lowest BCUT2D eigenvalue weighted by molar-refractivity contribution is 1.27. The molecule has 0 fully saturated rings. The lowest BCUT2D eigenvalue weighted by Crippen LogP contribution is -1.78. The van der Waals surface area contributed by atoms with E-state index in [-0.39, 0.29) is 0 Å². The van der Waals surface area contributed by atoms with Crippen LogP contribution in [-0.4, -0.2) is 4.98 Å². The molecule has 0 aliphatic rings. The van der Waals surface area contributed by atoms with Crippen molar-refractivity contribution < 1.29 is 0 Å². The minimum Gasteiger partial charge on any atom is -0.359 e. The molecular formula is C11H10ClN. The van der Waals surface area contributed by atoms with Crippen molar-refractivity contribution >= 4 is 11.6 Å². The second-order valence-electron chi connectivity index (χ2n) is 3.03. The quantitative estimate of drug-likeness (QED) is 0.709. The Balaban J connectivity index is 2.52. The van der Waals surface area contributed by atoms with Gasteiger partial charge in [-0.05, 0) is 25.1 Å². The molecule has 2 aromatic rings. The molecule has 0 aliphatic heterocycles. The normalized spacial score (nSPS) is 10.3. The fraction of sp³-hybridized carbons (Fsp3) is 0.0909. The first-order valence-electron chi connectivity index (χ1n) is 4.18. The number of aryl methyl sites for hydroxylation is 1.